The largest absolute Gasteiger partial charge is 0.481 e. The number of ether oxygens (including phenoxy) is 1. The Balaban J connectivity index is 0.00000108. The lowest BCUT2D eigenvalue weighted by Crippen LogP contribution is -2.35. The van der Waals surface area contributed by atoms with Crippen LogP contribution in [0.3, 0.4) is 0 Å². The third-order valence-electron chi connectivity index (χ3n) is 4.02. The zero-order valence-corrected chi connectivity index (χ0v) is 15.9. The minimum absolute atomic E-state index is 0.0149. The first-order valence-corrected chi connectivity index (χ1v) is 10.3. The van der Waals surface area contributed by atoms with Crippen LogP contribution in [0, 0.1) is 17.8 Å². The van der Waals surface area contributed by atoms with Crippen molar-refractivity contribution in [1.82, 2.24) is 0 Å². The topological polar surface area (TPSA) is 80.7 Å². The standard InChI is InChI=1S/C15H26O4.C2H6OS/c1-10(2)12-8-7-11(3)9-13(12)19-15(18)6-4-5-14(16)17;1-4(2)3/h10-13H,4-9H2,1-3H3,(H,16,17);1-2H3. The molecular formula is C17H32O5S. The van der Waals surface area contributed by atoms with Crippen molar-refractivity contribution < 1.29 is 23.6 Å². The zero-order chi connectivity index (χ0) is 18.0. The number of hydrogen-bond acceptors (Lipinski definition) is 4. The van der Waals surface area contributed by atoms with Crippen molar-refractivity contribution in [2.45, 2.75) is 65.4 Å². The van der Waals surface area contributed by atoms with Crippen LogP contribution in [0.1, 0.15) is 59.3 Å². The molecule has 3 unspecified atom stereocenters. The van der Waals surface area contributed by atoms with E-state index in [4.69, 9.17) is 9.84 Å². The Labute approximate surface area is 142 Å². The van der Waals surface area contributed by atoms with Crippen LogP contribution in [0.25, 0.3) is 0 Å². The molecule has 0 aliphatic heterocycles. The van der Waals surface area contributed by atoms with Gasteiger partial charge in [-0.2, -0.15) is 0 Å². The third-order valence-corrected chi connectivity index (χ3v) is 4.02. The molecule has 1 aliphatic rings. The van der Waals surface area contributed by atoms with E-state index in [0.717, 1.165) is 12.8 Å². The van der Waals surface area contributed by atoms with Crippen LogP contribution < -0.4 is 0 Å². The van der Waals surface area contributed by atoms with Gasteiger partial charge in [0.15, 0.2) is 0 Å². The predicted molar refractivity (Wildman–Crippen MR) is 92.7 cm³/mol. The quantitative estimate of drug-likeness (QED) is 0.745. The van der Waals surface area contributed by atoms with Gasteiger partial charge in [0.05, 0.1) is 0 Å². The number of aliphatic carboxylic acids is 1. The van der Waals surface area contributed by atoms with E-state index in [1.54, 1.807) is 12.5 Å². The maximum Gasteiger partial charge on any atom is 0.306 e. The molecule has 0 bridgehead atoms. The minimum Gasteiger partial charge on any atom is -0.481 e. The zero-order valence-electron chi connectivity index (χ0n) is 15.0. The molecule has 0 heterocycles. The first kappa shape index (κ1) is 22.1. The van der Waals surface area contributed by atoms with Gasteiger partial charge in [-0.3, -0.25) is 13.8 Å². The summed E-state index contributed by atoms with van der Waals surface area (Å²) in [5, 5.41) is 8.55. The summed E-state index contributed by atoms with van der Waals surface area (Å²) in [6.07, 6.45) is 7.16. The van der Waals surface area contributed by atoms with Crippen molar-refractivity contribution in [2.75, 3.05) is 12.5 Å². The van der Waals surface area contributed by atoms with E-state index in [1.807, 2.05) is 0 Å². The molecule has 23 heavy (non-hydrogen) atoms. The molecule has 1 N–H and O–H groups in total. The molecular weight excluding hydrogens is 316 g/mol. The average molecular weight is 349 g/mol. The van der Waals surface area contributed by atoms with E-state index < -0.39 is 16.8 Å². The highest BCUT2D eigenvalue weighted by atomic mass is 32.2. The van der Waals surface area contributed by atoms with Crippen molar-refractivity contribution in [3.05, 3.63) is 0 Å². The molecule has 0 aromatic heterocycles. The summed E-state index contributed by atoms with van der Waals surface area (Å²) in [7, 11) is -0.611. The fraction of sp³-hybridized carbons (Fsp3) is 0.882. The van der Waals surface area contributed by atoms with Gasteiger partial charge in [-0.1, -0.05) is 27.2 Å². The highest BCUT2D eigenvalue weighted by molar-refractivity contribution is 7.83. The average Bonchev–Trinajstić information content (AvgIpc) is 2.37. The molecule has 1 rings (SSSR count). The van der Waals surface area contributed by atoms with E-state index in [0.29, 0.717) is 24.2 Å². The molecule has 0 amide bonds. The summed E-state index contributed by atoms with van der Waals surface area (Å²) >= 11 is 0. The van der Waals surface area contributed by atoms with E-state index in [2.05, 4.69) is 20.8 Å². The number of carbonyl (C=O) groups is 2. The highest BCUT2D eigenvalue weighted by Crippen LogP contribution is 2.35. The Bertz CT molecular complexity index is 390. The number of esters is 1. The van der Waals surface area contributed by atoms with Crippen molar-refractivity contribution in [2.24, 2.45) is 17.8 Å². The molecule has 1 aliphatic carbocycles. The van der Waals surface area contributed by atoms with Crippen LogP contribution in [0.4, 0.5) is 0 Å². The van der Waals surface area contributed by atoms with Crippen molar-refractivity contribution in [3.63, 3.8) is 0 Å². The van der Waals surface area contributed by atoms with Gasteiger partial charge in [-0.15, -0.1) is 0 Å². The van der Waals surface area contributed by atoms with Gasteiger partial charge in [0.1, 0.15) is 6.10 Å². The first-order chi connectivity index (χ1) is 10.6. The molecule has 0 aromatic rings. The lowest BCUT2D eigenvalue weighted by Gasteiger charge is -2.36. The highest BCUT2D eigenvalue weighted by Gasteiger charge is 2.33. The summed E-state index contributed by atoms with van der Waals surface area (Å²) < 4.78 is 15.1. The molecule has 1 saturated carbocycles. The lowest BCUT2D eigenvalue weighted by molar-refractivity contribution is -0.156. The van der Waals surface area contributed by atoms with Crippen LogP contribution >= 0.6 is 0 Å². The van der Waals surface area contributed by atoms with Gasteiger partial charge in [-0.05, 0) is 37.0 Å². The second kappa shape index (κ2) is 11.6. The van der Waals surface area contributed by atoms with Gasteiger partial charge in [0.25, 0.3) is 0 Å². The molecule has 0 spiro atoms. The van der Waals surface area contributed by atoms with Crippen LogP contribution in [-0.4, -0.2) is 39.9 Å². The number of carboxylic acid groups (broad SMARTS) is 1. The number of carboxylic acids is 1. The van der Waals surface area contributed by atoms with Crippen LogP contribution in [0.5, 0.6) is 0 Å². The summed E-state index contributed by atoms with van der Waals surface area (Å²) in [6, 6.07) is 0. The monoisotopic (exact) mass is 348 g/mol. The smallest absolute Gasteiger partial charge is 0.306 e. The Morgan fingerprint density at radius 1 is 1.22 bits per heavy atom. The molecule has 5 nitrogen and oxygen atoms in total. The van der Waals surface area contributed by atoms with Gasteiger partial charge in [0.2, 0.25) is 0 Å². The Hall–Kier alpha value is -0.910. The molecule has 6 heteroatoms. The first-order valence-electron chi connectivity index (χ1n) is 8.29. The summed E-state index contributed by atoms with van der Waals surface area (Å²) in [5.41, 5.74) is 0. The van der Waals surface area contributed by atoms with Gasteiger partial charge >= 0.3 is 11.9 Å². The number of rotatable bonds is 6. The van der Waals surface area contributed by atoms with E-state index in [9.17, 15) is 13.8 Å². The van der Waals surface area contributed by atoms with Gasteiger partial charge < -0.3 is 9.84 Å². The van der Waals surface area contributed by atoms with E-state index in [-0.39, 0.29) is 24.9 Å². The van der Waals surface area contributed by atoms with Crippen LogP contribution in [0.2, 0.25) is 0 Å². The molecule has 0 saturated heterocycles. The number of hydrogen-bond donors (Lipinski definition) is 1. The van der Waals surface area contributed by atoms with Crippen molar-refractivity contribution in [1.29, 1.82) is 0 Å². The lowest BCUT2D eigenvalue weighted by atomic mass is 9.75. The van der Waals surface area contributed by atoms with Crippen LogP contribution in [0.15, 0.2) is 0 Å². The molecule has 0 aromatic carbocycles. The maximum atomic E-state index is 11.8. The Morgan fingerprint density at radius 2 is 1.78 bits per heavy atom. The van der Waals surface area contributed by atoms with Crippen LogP contribution in [-0.2, 0) is 25.1 Å². The van der Waals surface area contributed by atoms with Gasteiger partial charge in [0, 0.05) is 36.2 Å². The Kier molecular flexibility index (Phi) is 11.1. The normalized spacial score (nSPS) is 24.0. The summed E-state index contributed by atoms with van der Waals surface area (Å²) in [5.74, 6) is 0.459. The van der Waals surface area contributed by atoms with Crippen molar-refractivity contribution in [3.8, 4) is 0 Å². The second-order valence-corrected chi connectivity index (χ2v) is 8.33. The summed E-state index contributed by atoms with van der Waals surface area (Å²) in [6.45, 7) is 6.54. The SMILES string of the molecule is CC1CCC(C(C)C)C(OC(=O)CCCC(=O)O)C1.CS(C)=O. The third kappa shape index (κ3) is 11.3. The Morgan fingerprint density at radius 3 is 2.26 bits per heavy atom. The molecule has 3 atom stereocenters. The fourth-order valence-electron chi connectivity index (χ4n) is 2.86. The van der Waals surface area contributed by atoms with Gasteiger partial charge in [-0.25, -0.2) is 0 Å². The van der Waals surface area contributed by atoms with E-state index in [1.165, 1.54) is 6.42 Å². The molecule has 136 valence electrons. The molecule has 0 radical (unpaired) electrons. The summed E-state index contributed by atoms with van der Waals surface area (Å²) in [4.78, 5) is 22.2. The minimum atomic E-state index is -0.862. The second-order valence-electron chi connectivity index (χ2n) is 6.84. The predicted octanol–water partition coefficient (Wildman–Crippen LogP) is 3.24. The van der Waals surface area contributed by atoms with Crippen molar-refractivity contribution >= 4 is 22.7 Å². The molecule has 1 fully saturated rings. The fourth-order valence-corrected chi connectivity index (χ4v) is 2.86. The maximum absolute atomic E-state index is 11.8. The number of carbonyl (C=O) groups excluding carboxylic acids is 1. The van der Waals surface area contributed by atoms with E-state index >= 15 is 0 Å².